The van der Waals surface area contributed by atoms with Crippen molar-refractivity contribution in [1.29, 1.82) is 0 Å². The lowest BCUT2D eigenvalue weighted by molar-refractivity contribution is -0.119. The fourth-order valence-corrected chi connectivity index (χ4v) is 1.83. The van der Waals surface area contributed by atoms with E-state index in [2.05, 4.69) is 5.32 Å². The number of rotatable bonds is 7. The summed E-state index contributed by atoms with van der Waals surface area (Å²) in [6.07, 6.45) is -1.89. The van der Waals surface area contributed by atoms with Crippen LogP contribution in [-0.2, 0) is 4.79 Å². The SMILES string of the molecule is COc1ccc(OC)c(C(O)C(O)CCNC(C)=O)c1. The molecule has 20 heavy (non-hydrogen) atoms. The Morgan fingerprint density at radius 1 is 1.30 bits per heavy atom. The van der Waals surface area contributed by atoms with E-state index >= 15 is 0 Å². The van der Waals surface area contributed by atoms with Crippen LogP contribution in [0.4, 0.5) is 0 Å². The van der Waals surface area contributed by atoms with Gasteiger partial charge in [-0.1, -0.05) is 0 Å². The van der Waals surface area contributed by atoms with Gasteiger partial charge in [0.15, 0.2) is 0 Å². The quantitative estimate of drug-likeness (QED) is 0.683. The third-order valence-corrected chi connectivity index (χ3v) is 2.93. The van der Waals surface area contributed by atoms with Crippen LogP contribution in [0.15, 0.2) is 18.2 Å². The van der Waals surface area contributed by atoms with Crippen LogP contribution in [0.2, 0.25) is 0 Å². The number of hydrogen-bond acceptors (Lipinski definition) is 5. The molecule has 2 unspecified atom stereocenters. The Kier molecular flexibility index (Phi) is 6.27. The van der Waals surface area contributed by atoms with E-state index in [1.807, 2.05) is 0 Å². The summed E-state index contributed by atoms with van der Waals surface area (Å²) in [7, 11) is 3.01. The molecule has 0 radical (unpaired) electrons. The summed E-state index contributed by atoms with van der Waals surface area (Å²) in [5.41, 5.74) is 0.446. The molecule has 0 saturated carbocycles. The number of benzene rings is 1. The number of methoxy groups -OCH3 is 2. The highest BCUT2D eigenvalue weighted by molar-refractivity contribution is 5.72. The highest BCUT2D eigenvalue weighted by Gasteiger charge is 2.22. The fraction of sp³-hybridized carbons (Fsp3) is 0.500. The minimum atomic E-state index is -1.12. The summed E-state index contributed by atoms with van der Waals surface area (Å²) in [5, 5.41) is 22.7. The lowest BCUT2D eigenvalue weighted by atomic mass is 10.0. The molecule has 1 aromatic rings. The normalized spacial score (nSPS) is 13.4. The molecule has 0 fully saturated rings. The van der Waals surface area contributed by atoms with Crippen LogP contribution in [-0.4, -0.2) is 43.0 Å². The maximum absolute atomic E-state index is 10.8. The highest BCUT2D eigenvalue weighted by atomic mass is 16.5. The van der Waals surface area contributed by atoms with Gasteiger partial charge < -0.3 is 25.0 Å². The molecule has 2 atom stereocenters. The molecular weight excluding hydrogens is 262 g/mol. The number of amides is 1. The molecule has 112 valence electrons. The van der Waals surface area contributed by atoms with Gasteiger partial charge in [0.25, 0.3) is 0 Å². The minimum Gasteiger partial charge on any atom is -0.497 e. The first-order chi connectivity index (χ1) is 9.49. The number of nitrogens with one attached hydrogen (secondary N) is 1. The van der Waals surface area contributed by atoms with Crippen molar-refractivity contribution in [3.8, 4) is 11.5 Å². The lowest BCUT2D eigenvalue weighted by Gasteiger charge is -2.21. The Balaban J connectivity index is 2.78. The predicted molar refractivity (Wildman–Crippen MR) is 73.8 cm³/mol. The topological polar surface area (TPSA) is 88.0 Å². The van der Waals surface area contributed by atoms with Crippen LogP contribution in [0.3, 0.4) is 0 Å². The zero-order valence-corrected chi connectivity index (χ0v) is 11.9. The molecule has 1 amide bonds. The number of hydrogen-bond donors (Lipinski definition) is 3. The molecule has 6 nitrogen and oxygen atoms in total. The summed E-state index contributed by atoms with van der Waals surface area (Å²) in [6.45, 7) is 1.69. The first kappa shape index (κ1) is 16.3. The number of ether oxygens (including phenoxy) is 2. The molecule has 0 aliphatic heterocycles. The first-order valence-corrected chi connectivity index (χ1v) is 6.32. The molecule has 3 N–H and O–H groups in total. The summed E-state index contributed by atoms with van der Waals surface area (Å²) in [6, 6.07) is 4.99. The number of carbonyl (C=O) groups excluding carboxylic acids is 1. The smallest absolute Gasteiger partial charge is 0.216 e. The monoisotopic (exact) mass is 283 g/mol. The van der Waals surface area contributed by atoms with Crippen LogP contribution in [0.5, 0.6) is 11.5 Å². The van der Waals surface area contributed by atoms with Crippen molar-refractivity contribution >= 4 is 5.91 Å². The molecule has 0 aliphatic rings. The first-order valence-electron chi connectivity index (χ1n) is 6.32. The second kappa shape index (κ2) is 7.72. The second-order valence-electron chi connectivity index (χ2n) is 4.39. The second-order valence-corrected chi connectivity index (χ2v) is 4.39. The summed E-state index contributed by atoms with van der Waals surface area (Å²) < 4.78 is 10.3. The van der Waals surface area contributed by atoms with Gasteiger partial charge in [-0.05, 0) is 24.6 Å². The van der Waals surface area contributed by atoms with Crippen LogP contribution in [0.1, 0.15) is 25.0 Å². The molecule has 0 aromatic heterocycles. The standard InChI is InChI=1S/C14H21NO5/c1-9(16)15-7-6-12(17)14(18)11-8-10(19-2)4-5-13(11)20-3/h4-5,8,12,14,17-18H,6-7H2,1-3H3,(H,15,16). The average Bonchev–Trinajstić information content (AvgIpc) is 2.45. The molecule has 1 rings (SSSR count). The van der Waals surface area contributed by atoms with E-state index in [1.54, 1.807) is 18.2 Å². The van der Waals surface area contributed by atoms with Crippen LogP contribution < -0.4 is 14.8 Å². The summed E-state index contributed by atoms with van der Waals surface area (Å²) >= 11 is 0. The summed E-state index contributed by atoms with van der Waals surface area (Å²) in [5.74, 6) is 0.858. The molecule has 0 aliphatic carbocycles. The van der Waals surface area contributed by atoms with Gasteiger partial charge >= 0.3 is 0 Å². The van der Waals surface area contributed by atoms with Gasteiger partial charge in [0.2, 0.25) is 5.91 Å². The summed E-state index contributed by atoms with van der Waals surface area (Å²) in [4.78, 5) is 10.8. The van der Waals surface area contributed by atoms with E-state index in [9.17, 15) is 15.0 Å². The Morgan fingerprint density at radius 3 is 2.55 bits per heavy atom. The van der Waals surface area contributed by atoms with Crippen LogP contribution >= 0.6 is 0 Å². The van der Waals surface area contributed by atoms with Crippen molar-refractivity contribution in [3.63, 3.8) is 0 Å². The van der Waals surface area contributed by atoms with Crippen LogP contribution in [0.25, 0.3) is 0 Å². The Bertz CT molecular complexity index is 449. The molecule has 1 aromatic carbocycles. The van der Waals surface area contributed by atoms with E-state index in [4.69, 9.17) is 9.47 Å². The Morgan fingerprint density at radius 2 is 2.00 bits per heavy atom. The third-order valence-electron chi connectivity index (χ3n) is 2.93. The number of carbonyl (C=O) groups is 1. The minimum absolute atomic E-state index is 0.175. The van der Waals surface area contributed by atoms with E-state index in [0.29, 0.717) is 23.6 Å². The molecule has 0 heterocycles. The van der Waals surface area contributed by atoms with Gasteiger partial charge in [-0.25, -0.2) is 0 Å². The highest BCUT2D eigenvalue weighted by Crippen LogP contribution is 2.31. The van der Waals surface area contributed by atoms with Crippen molar-refractivity contribution in [2.24, 2.45) is 0 Å². The van der Waals surface area contributed by atoms with E-state index in [1.165, 1.54) is 21.1 Å². The fourth-order valence-electron chi connectivity index (χ4n) is 1.83. The van der Waals surface area contributed by atoms with E-state index in [-0.39, 0.29) is 12.3 Å². The molecular formula is C14H21NO5. The van der Waals surface area contributed by atoms with Gasteiger partial charge in [0.05, 0.1) is 20.3 Å². The zero-order chi connectivity index (χ0) is 15.1. The number of aliphatic hydroxyl groups excluding tert-OH is 2. The largest absolute Gasteiger partial charge is 0.497 e. The van der Waals surface area contributed by atoms with Gasteiger partial charge in [-0.3, -0.25) is 4.79 Å². The molecule has 0 saturated heterocycles. The predicted octanol–water partition coefficient (Wildman–Crippen LogP) is 0.624. The van der Waals surface area contributed by atoms with E-state index < -0.39 is 12.2 Å². The Hall–Kier alpha value is -1.79. The Labute approximate surface area is 118 Å². The molecule has 0 spiro atoms. The van der Waals surface area contributed by atoms with Crippen molar-refractivity contribution in [1.82, 2.24) is 5.32 Å². The maximum Gasteiger partial charge on any atom is 0.216 e. The van der Waals surface area contributed by atoms with Gasteiger partial charge in [-0.2, -0.15) is 0 Å². The van der Waals surface area contributed by atoms with Gasteiger partial charge in [0.1, 0.15) is 17.6 Å². The van der Waals surface area contributed by atoms with Gasteiger partial charge in [-0.15, -0.1) is 0 Å². The zero-order valence-electron chi connectivity index (χ0n) is 11.9. The van der Waals surface area contributed by atoms with Crippen LogP contribution in [0, 0.1) is 0 Å². The molecule has 6 heteroatoms. The van der Waals surface area contributed by atoms with Crippen molar-refractivity contribution < 1.29 is 24.5 Å². The van der Waals surface area contributed by atoms with Crippen molar-refractivity contribution in [2.75, 3.05) is 20.8 Å². The average molecular weight is 283 g/mol. The van der Waals surface area contributed by atoms with E-state index in [0.717, 1.165) is 0 Å². The third kappa shape index (κ3) is 4.40. The molecule has 0 bridgehead atoms. The lowest BCUT2D eigenvalue weighted by Crippen LogP contribution is -2.27. The number of aliphatic hydroxyl groups is 2. The maximum atomic E-state index is 10.8. The van der Waals surface area contributed by atoms with Crippen molar-refractivity contribution in [3.05, 3.63) is 23.8 Å². The van der Waals surface area contributed by atoms with Gasteiger partial charge in [0, 0.05) is 19.0 Å². The van der Waals surface area contributed by atoms with Crippen molar-refractivity contribution in [2.45, 2.75) is 25.6 Å².